The molecule has 4 heteroatoms. The molecule has 4 nitrogen and oxygen atoms in total. The van der Waals surface area contributed by atoms with E-state index in [0.717, 1.165) is 5.56 Å². The van der Waals surface area contributed by atoms with Crippen LogP contribution in [-0.4, -0.2) is 28.0 Å². The van der Waals surface area contributed by atoms with Gasteiger partial charge in [-0.2, -0.15) is 0 Å². The summed E-state index contributed by atoms with van der Waals surface area (Å²) in [6.45, 7) is 1.32. The minimum atomic E-state index is -1.16. The molecule has 0 amide bonds. The van der Waals surface area contributed by atoms with Crippen LogP contribution < -0.4 is 5.73 Å². The Labute approximate surface area is 82.6 Å². The van der Waals surface area contributed by atoms with Crippen molar-refractivity contribution in [3.63, 3.8) is 0 Å². The van der Waals surface area contributed by atoms with Gasteiger partial charge < -0.3 is 21.1 Å². The zero-order chi connectivity index (χ0) is 10.7. The second-order valence-corrected chi connectivity index (χ2v) is 3.31. The number of aryl methyl sites for hydroxylation is 1. The van der Waals surface area contributed by atoms with Crippen LogP contribution in [0.15, 0.2) is 18.2 Å². The van der Waals surface area contributed by atoms with Crippen LogP contribution in [0.2, 0.25) is 0 Å². The van der Waals surface area contributed by atoms with Crippen molar-refractivity contribution in [1.29, 1.82) is 0 Å². The van der Waals surface area contributed by atoms with E-state index in [9.17, 15) is 10.2 Å². The Morgan fingerprint density at radius 1 is 1.36 bits per heavy atom. The van der Waals surface area contributed by atoms with Crippen molar-refractivity contribution in [3.05, 3.63) is 29.3 Å². The minimum Gasteiger partial charge on any atom is -0.399 e. The van der Waals surface area contributed by atoms with Crippen molar-refractivity contribution < 1.29 is 15.3 Å². The summed E-state index contributed by atoms with van der Waals surface area (Å²) in [6, 6.07) is 5.01. The summed E-state index contributed by atoms with van der Waals surface area (Å²) in [5.74, 6) is 0. The van der Waals surface area contributed by atoms with Gasteiger partial charge >= 0.3 is 0 Å². The van der Waals surface area contributed by atoms with Gasteiger partial charge in [0.15, 0.2) is 0 Å². The Balaban J connectivity index is 2.95. The minimum absolute atomic E-state index is 0.467. The molecule has 1 aromatic carbocycles. The van der Waals surface area contributed by atoms with Crippen molar-refractivity contribution >= 4 is 5.69 Å². The van der Waals surface area contributed by atoms with Gasteiger partial charge in [0.2, 0.25) is 0 Å². The maximum atomic E-state index is 9.61. The van der Waals surface area contributed by atoms with Gasteiger partial charge in [-0.15, -0.1) is 0 Å². The fourth-order valence-electron chi connectivity index (χ4n) is 1.34. The molecular formula is C10H15NO3. The third-order valence-corrected chi connectivity index (χ3v) is 2.16. The molecule has 0 fully saturated rings. The van der Waals surface area contributed by atoms with Gasteiger partial charge in [-0.25, -0.2) is 0 Å². The molecule has 0 aliphatic heterocycles. The molecule has 0 bridgehead atoms. The zero-order valence-corrected chi connectivity index (χ0v) is 8.01. The monoisotopic (exact) mass is 197 g/mol. The number of aliphatic hydroxyl groups excluding tert-OH is 3. The molecule has 2 unspecified atom stereocenters. The zero-order valence-electron chi connectivity index (χ0n) is 8.01. The summed E-state index contributed by atoms with van der Waals surface area (Å²) >= 11 is 0. The van der Waals surface area contributed by atoms with Crippen molar-refractivity contribution in [3.8, 4) is 0 Å². The number of benzene rings is 1. The molecule has 2 atom stereocenters. The Hall–Kier alpha value is -1.10. The highest BCUT2D eigenvalue weighted by Crippen LogP contribution is 2.22. The highest BCUT2D eigenvalue weighted by atomic mass is 16.4. The Kier molecular flexibility index (Phi) is 3.46. The number of rotatable bonds is 3. The maximum Gasteiger partial charge on any atom is 0.107 e. The number of hydrogen-bond donors (Lipinski definition) is 4. The molecule has 1 rings (SSSR count). The summed E-state index contributed by atoms with van der Waals surface area (Å²) in [7, 11) is 0. The first kappa shape index (κ1) is 11.0. The lowest BCUT2D eigenvalue weighted by Crippen LogP contribution is -2.22. The van der Waals surface area contributed by atoms with E-state index in [4.69, 9.17) is 10.8 Å². The van der Waals surface area contributed by atoms with Crippen LogP contribution in [0.1, 0.15) is 17.2 Å². The van der Waals surface area contributed by atoms with E-state index in [-0.39, 0.29) is 0 Å². The van der Waals surface area contributed by atoms with Crippen molar-refractivity contribution in [2.45, 2.75) is 19.1 Å². The van der Waals surface area contributed by atoms with E-state index in [1.54, 1.807) is 25.1 Å². The highest BCUT2D eigenvalue weighted by Gasteiger charge is 2.18. The Morgan fingerprint density at radius 2 is 2.00 bits per heavy atom. The second-order valence-electron chi connectivity index (χ2n) is 3.31. The summed E-state index contributed by atoms with van der Waals surface area (Å²) < 4.78 is 0. The summed E-state index contributed by atoms with van der Waals surface area (Å²) in [4.78, 5) is 0. The highest BCUT2D eigenvalue weighted by molar-refractivity contribution is 5.45. The predicted octanol–water partition coefficient (Wildman–Crippen LogP) is -0.0362. The second kappa shape index (κ2) is 4.41. The van der Waals surface area contributed by atoms with Crippen LogP contribution >= 0.6 is 0 Å². The molecule has 1 aromatic rings. The first-order chi connectivity index (χ1) is 6.56. The van der Waals surface area contributed by atoms with Gasteiger partial charge in [0, 0.05) is 5.69 Å². The maximum absolute atomic E-state index is 9.61. The van der Waals surface area contributed by atoms with Crippen LogP contribution in [0.4, 0.5) is 5.69 Å². The molecule has 0 aliphatic carbocycles. The Bertz CT molecular complexity index is 314. The van der Waals surface area contributed by atoms with Gasteiger partial charge in [-0.3, -0.25) is 0 Å². The van der Waals surface area contributed by atoms with Gasteiger partial charge in [-0.05, 0) is 30.2 Å². The molecule has 14 heavy (non-hydrogen) atoms. The molecule has 78 valence electrons. The van der Waals surface area contributed by atoms with Crippen LogP contribution in [0.25, 0.3) is 0 Å². The normalized spacial score (nSPS) is 15.1. The van der Waals surface area contributed by atoms with E-state index < -0.39 is 18.8 Å². The quantitative estimate of drug-likeness (QED) is 0.512. The summed E-state index contributed by atoms with van der Waals surface area (Å²) in [6.07, 6.45) is -2.22. The van der Waals surface area contributed by atoms with E-state index >= 15 is 0 Å². The molecule has 5 N–H and O–H groups in total. The lowest BCUT2D eigenvalue weighted by molar-refractivity contribution is -0.0155. The van der Waals surface area contributed by atoms with Gasteiger partial charge in [0.25, 0.3) is 0 Å². The fourth-order valence-corrected chi connectivity index (χ4v) is 1.34. The number of nitrogen functional groups attached to an aromatic ring is 1. The third kappa shape index (κ3) is 2.23. The first-order valence-corrected chi connectivity index (χ1v) is 4.39. The molecule has 0 saturated carbocycles. The predicted molar refractivity (Wildman–Crippen MR) is 53.6 cm³/mol. The number of hydrogen-bond acceptors (Lipinski definition) is 4. The molecule has 0 saturated heterocycles. The van der Waals surface area contributed by atoms with E-state index in [2.05, 4.69) is 0 Å². The molecule has 0 aromatic heterocycles. The first-order valence-electron chi connectivity index (χ1n) is 4.39. The largest absolute Gasteiger partial charge is 0.399 e. The number of aliphatic hydroxyl groups is 3. The van der Waals surface area contributed by atoms with Crippen molar-refractivity contribution in [2.75, 3.05) is 12.3 Å². The smallest absolute Gasteiger partial charge is 0.107 e. The van der Waals surface area contributed by atoms with Gasteiger partial charge in [0.05, 0.1) is 6.61 Å². The van der Waals surface area contributed by atoms with Crippen molar-refractivity contribution in [1.82, 2.24) is 0 Å². The van der Waals surface area contributed by atoms with Crippen molar-refractivity contribution in [2.24, 2.45) is 0 Å². The van der Waals surface area contributed by atoms with E-state index in [1.807, 2.05) is 0 Å². The van der Waals surface area contributed by atoms with E-state index in [1.165, 1.54) is 0 Å². The topological polar surface area (TPSA) is 86.7 Å². The molecule has 0 spiro atoms. The van der Waals surface area contributed by atoms with Crippen LogP contribution in [-0.2, 0) is 0 Å². The molecule has 0 aliphatic rings. The lowest BCUT2D eigenvalue weighted by Gasteiger charge is -2.18. The Morgan fingerprint density at radius 3 is 2.50 bits per heavy atom. The summed E-state index contributed by atoms with van der Waals surface area (Å²) in [5.41, 5.74) is 7.53. The lowest BCUT2D eigenvalue weighted by atomic mass is 9.99. The fraction of sp³-hybridized carbons (Fsp3) is 0.400. The summed E-state index contributed by atoms with van der Waals surface area (Å²) in [5, 5.41) is 27.5. The third-order valence-electron chi connectivity index (χ3n) is 2.16. The van der Waals surface area contributed by atoms with Crippen LogP contribution in [0.3, 0.4) is 0 Å². The average Bonchev–Trinajstić information content (AvgIpc) is 2.15. The molecular weight excluding hydrogens is 182 g/mol. The van der Waals surface area contributed by atoms with Gasteiger partial charge in [0.1, 0.15) is 12.2 Å². The average molecular weight is 197 g/mol. The van der Waals surface area contributed by atoms with Crippen LogP contribution in [0, 0.1) is 6.92 Å². The van der Waals surface area contributed by atoms with Crippen LogP contribution in [0.5, 0.6) is 0 Å². The van der Waals surface area contributed by atoms with Gasteiger partial charge in [-0.1, -0.05) is 6.07 Å². The SMILES string of the molecule is Cc1cc(N)ccc1C(O)C(O)CO. The number of nitrogens with two attached hydrogens (primary N) is 1. The standard InChI is InChI=1S/C10H15NO3/c1-6-4-7(11)2-3-8(6)10(14)9(13)5-12/h2-4,9-10,12-14H,5,11H2,1H3. The molecule has 0 radical (unpaired) electrons. The van der Waals surface area contributed by atoms with E-state index in [0.29, 0.717) is 11.3 Å². The molecule has 0 heterocycles. The number of anilines is 1.